The van der Waals surface area contributed by atoms with Crippen molar-refractivity contribution in [2.24, 2.45) is 0 Å². The summed E-state index contributed by atoms with van der Waals surface area (Å²) in [6.07, 6.45) is 2.42. The van der Waals surface area contributed by atoms with Crippen LogP contribution in [0.3, 0.4) is 0 Å². The van der Waals surface area contributed by atoms with Crippen LogP contribution in [0, 0.1) is 0 Å². The second-order valence-electron chi connectivity index (χ2n) is 5.97. The molecule has 4 N–H and O–H groups in total. The normalized spacial score (nSPS) is 18.4. The molecule has 0 unspecified atom stereocenters. The fourth-order valence-electron chi connectivity index (χ4n) is 2.78. The number of hydrogen-bond acceptors (Lipinski definition) is 5. The van der Waals surface area contributed by atoms with Gasteiger partial charge in [0, 0.05) is 24.3 Å². The highest BCUT2D eigenvalue weighted by Crippen LogP contribution is 2.19. The summed E-state index contributed by atoms with van der Waals surface area (Å²) >= 11 is 5.88. The first-order valence-corrected chi connectivity index (χ1v) is 8.59. The number of carbonyl (C=O) groups is 2. The van der Waals surface area contributed by atoms with Gasteiger partial charge in [-0.25, -0.2) is 9.48 Å². The molecule has 2 atom stereocenters. The van der Waals surface area contributed by atoms with Crippen molar-refractivity contribution >= 4 is 41.6 Å². The fraction of sp³-hybridized carbons (Fsp3) is 0.375. The van der Waals surface area contributed by atoms with Crippen LogP contribution in [0.15, 0.2) is 30.5 Å². The van der Waals surface area contributed by atoms with Crippen molar-refractivity contribution in [2.45, 2.75) is 25.0 Å². The van der Waals surface area contributed by atoms with Crippen molar-refractivity contribution in [3.63, 3.8) is 0 Å². The van der Waals surface area contributed by atoms with Gasteiger partial charge in [0.1, 0.15) is 5.69 Å². The highest BCUT2D eigenvalue weighted by atomic mass is 35.5. The molecule has 1 aliphatic rings. The molecular weight excluding hydrogens is 393 g/mol. The van der Waals surface area contributed by atoms with Crippen LogP contribution in [-0.2, 0) is 11.3 Å². The Morgan fingerprint density at radius 1 is 1.41 bits per heavy atom. The zero-order chi connectivity index (χ0) is 18.5. The lowest BCUT2D eigenvalue weighted by Gasteiger charge is -2.09. The number of aromatic nitrogens is 3. The minimum Gasteiger partial charge on any atom is -0.358 e. The number of nitrogens with zero attached hydrogens (tertiary/aromatic N) is 3. The molecule has 9 nitrogen and oxygen atoms in total. The van der Waals surface area contributed by atoms with Crippen LogP contribution in [0.5, 0.6) is 0 Å². The third kappa shape index (κ3) is 5.56. The molecule has 0 spiro atoms. The second kappa shape index (κ2) is 9.54. The molecule has 3 amide bonds. The van der Waals surface area contributed by atoms with E-state index < -0.39 is 0 Å². The van der Waals surface area contributed by atoms with Gasteiger partial charge in [0.25, 0.3) is 0 Å². The highest BCUT2D eigenvalue weighted by molar-refractivity contribution is 6.30. The zero-order valence-electron chi connectivity index (χ0n) is 14.6. The van der Waals surface area contributed by atoms with Crippen molar-refractivity contribution in [1.29, 1.82) is 0 Å². The number of rotatable bonds is 5. The predicted molar refractivity (Wildman–Crippen MR) is 104 cm³/mol. The first-order valence-electron chi connectivity index (χ1n) is 8.21. The van der Waals surface area contributed by atoms with E-state index in [0.717, 1.165) is 0 Å². The van der Waals surface area contributed by atoms with Gasteiger partial charge in [0.05, 0.1) is 24.8 Å². The topological polar surface area (TPSA) is 113 Å². The summed E-state index contributed by atoms with van der Waals surface area (Å²) < 4.78 is 1.72. The van der Waals surface area contributed by atoms with Crippen LogP contribution in [0.1, 0.15) is 18.2 Å². The summed E-state index contributed by atoms with van der Waals surface area (Å²) in [5.74, 6) is -0.0350. The van der Waals surface area contributed by atoms with Gasteiger partial charge in [0.2, 0.25) is 5.91 Å². The first kappa shape index (κ1) is 20.9. The number of benzene rings is 1. The van der Waals surface area contributed by atoms with Gasteiger partial charge in [-0.15, -0.1) is 17.5 Å². The summed E-state index contributed by atoms with van der Waals surface area (Å²) in [5, 5.41) is 19.9. The van der Waals surface area contributed by atoms with E-state index in [1.165, 1.54) is 0 Å². The molecule has 2 aromatic rings. The van der Waals surface area contributed by atoms with Crippen LogP contribution < -0.4 is 21.3 Å². The quantitative estimate of drug-likeness (QED) is 0.590. The summed E-state index contributed by atoms with van der Waals surface area (Å²) in [6, 6.07) is 6.37. The van der Waals surface area contributed by atoms with E-state index in [-0.39, 0.29) is 43.0 Å². The van der Waals surface area contributed by atoms with Gasteiger partial charge >= 0.3 is 6.03 Å². The molecule has 146 valence electrons. The van der Waals surface area contributed by atoms with Crippen LogP contribution in [0.25, 0.3) is 0 Å². The van der Waals surface area contributed by atoms with Crippen molar-refractivity contribution in [3.05, 3.63) is 41.2 Å². The SMILES string of the molecule is CNC(=O)[C@@H]1C[C@@H](n2cc(CNC(=O)Nc3cccc(Cl)c3)nn2)CN1.Cl. The Bertz CT molecular complexity index is 799. The van der Waals surface area contributed by atoms with E-state index in [2.05, 4.69) is 31.6 Å². The third-order valence-electron chi connectivity index (χ3n) is 4.11. The average molecular weight is 414 g/mol. The molecule has 27 heavy (non-hydrogen) atoms. The average Bonchev–Trinajstić information content (AvgIpc) is 3.28. The Balaban J connectivity index is 0.00000261. The molecule has 0 saturated carbocycles. The van der Waals surface area contributed by atoms with Crippen molar-refractivity contribution in [3.8, 4) is 0 Å². The monoisotopic (exact) mass is 413 g/mol. The van der Waals surface area contributed by atoms with Crippen LogP contribution >= 0.6 is 24.0 Å². The van der Waals surface area contributed by atoms with E-state index in [0.29, 0.717) is 29.4 Å². The standard InChI is InChI=1S/C16H20ClN7O2.ClH/c1-18-15(25)14-6-13(8-19-14)24-9-12(22-23-24)7-20-16(26)21-11-4-2-3-10(17)5-11;/h2-5,9,13-14,19H,6-8H2,1H3,(H,18,25)(H2,20,21,26);1H/t13-,14+;/m1./s1. The number of urea groups is 1. The highest BCUT2D eigenvalue weighted by Gasteiger charge is 2.30. The smallest absolute Gasteiger partial charge is 0.319 e. The van der Waals surface area contributed by atoms with Crippen LogP contribution in [0.2, 0.25) is 5.02 Å². The van der Waals surface area contributed by atoms with E-state index in [1.54, 1.807) is 42.2 Å². The van der Waals surface area contributed by atoms with Gasteiger partial charge in [-0.05, 0) is 24.6 Å². The maximum absolute atomic E-state index is 11.9. The minimum atomic E-state index is -0.357. The Labute approximate surface area is 167 Å². The number of anilines is 1. The molecule has 1 saturated heterocycles. The maximum atomic E-state index is 11.9. The van der Waals surface area contributed by atoms with E-state index in [4.69, 9.17) is 11.6 Å². The fourth-order valence-corrected chi connectivity index (χ4v) is 2.97. The summed E-state index contributed by atoms with van der Waals surface area (Å²) in [7, 11) is 1.62. The van der Waals surface area contributed by atoms with E-state index >= 15 is 0 Å². The summed E-state index contributed by atoms with van der Waals surface area (Å²) in [4.78, 5) is 23.6. The van der Waals surface area contributed by atoms with Crippen molar-refractivity contribution in [1.82, 2.24) is 30.9 Å². The largest absolute Gasteiger partial charge is 0.358 e. The number of likely N-dealkylation sites (N-methyl/N-ethyl adjacent to an activating group) is 1. The van der Waals surface area contributed by atoms with Gasteiger partial charge in [-0.1, -0.05) is 22.9 Å². The minimum absolute atomic E-state index is 0. The number of hydrogen-bond donors (Lipinski definition) is 4. The molecule has 0 radical (unpaired) electrons. The Hall–Kier alpha value is -2.36. The Kier molecular flexibility index (Phi) is 7.40. The number of nitrogens with one attached hydrogen (secondary N) is 4. The number of carbonyl (C=O) groups excluding carboxylic acids is 2. The second-order valence-corrected chi connectivity index (χ2v) is 6.41. The predicted octanol–water partition coefficient (Wildman–Crippen LogP) is 1.32. The van der Waals surface area contributed by atoms with Gasteiger partial charge < -0.3 is 21.3 Å². The molecule has 1 aliphatic heterocycles. The Morgan fingerprint density at radius 2 is 2.22 bits per heavy atom. The molecule has 0 bridgehead atoms. The van der Waals surface area contributed by atoms with E-state index in [1.807, 2.05) is 0 Å². The number of halogens is 2. The van der Waals surface area contributed by atoms with Crippen LogP contribution in [-0.4, -0.2) is 46.6 Å². The molecule has 1 fully saturated rings. The molecule has 0 aliphatic carbocycles. The van der Waals surface area contributed by atoms with Crippen molar-refractivity contribution in [2.75, 3.05) is 18.9 Å². The first-order chi connectivity index (χ1) is 12.5. The summed E-state index contributed by atoms with van der Waals surface area (Å²) in [5.41, 5.74) is 1.24. The molecule has 1 aromatic carbocycles. The van der Waals surface area contributed by atoms with Gasteiger partial charge in [0.15, 0.2) is 0 Å². The molecule has 3 rings (SSSR count). The van der Waals surface area contributed by atoms with Crippen LogP contribution in [0.4, 0.5) is 10.5 Å². The zero-order valence-corrected chi connectivity index (χ0v) is 16.2. The number of amides is 3. The lowest BCUT2D eigenvalue weighted by Crippen LogP contribution is -2.38. The third-order valence-corrected chi connectivity index (χ3v) is 4.35. The van der Waals surface area contributed by atoms with E-state index in [9.17, 15) is 9.59 Å². The van der Waals surface area contributed by atoms with Crippen molar-refractivity contribution < 1.29 is 9.59 Å². The lowest BCUT2D eigenvalue weighted by molar-refractivity contribution is -0.122. The lowest BCUT2D eigenvalue weighted by atomic mass is 10.1. The van der Waals surface area contributed by atoms with Gasteiger partial charge in [-0.3, -0.25) is 4.79 Å². The Morgan fingerprint density at radius 3 is 2.96 bits per heavy atom. The molecular formula is C16H21Cl2N7O2. The maximum Gasteiger partial charge on any atom is 0.319 e. The molecule has 2 heterocycles. The molecule has 11 heteroatoms. The van der Waals surface area contributed by atoms with Gasteiger partial charge in [-0.2, -0.15) is 0 Å². The summed E-state index contributed by atoms with van der Waals surface area (Å²) in [6.45, 7) is 0.884. The molecule has 1 aromatic heterocycles.